The molecule has 1 aliphatic heterocycles. The fraction of sp³-hybridized carbons (Fsp3) is 0.667. The Morgan fingerprint density at radius 1 is 1.29 bits per heavy atom. The number of benzene rings is 1. The minimum atomic E-state index is 0.403. The maximum atomic E-state index is 3.83. The molecule has 2 aliphatic rings. The molecule has 1 aliphatic carbocycles. The molecule has 2 fully saturated rings. The lowest BCUT2D eigenvalue weighted by Crippen LogP contribution is -2.64. The lowest BCUT2D eigenvalue weighted by atomic mass is 9.88. The van der Waals surface area contributed by atoms with Crippen molar-refractivity contribution in [3.63, 3.8) is 0 Å². The molecular formula is C18H27BrN2. The smallest absolute Gasteiger partial charge is 0.0338 e. The van der Waals surface area contributed by atoms with Crippen LogP contribution >= 0.6 is 15.9 Å². The van der Waals surface area contributed by atoms with Crippen molar-refractivity contribution in [1.29, 1.82) is 0 Å². The predicted molar refractivity (Wildman–Crippen MR) is 92.4 cm³/mol. The molecule has 21 heavy (non-hydrogen) atoms. The minimum absolute atomic E-state index is 0.403. The van der Waals surface area contributed by atoms with Crippen LogP contribution in [0.2, 0.25) is 0 Å². The summed E-state index contributed by atoms with van der Waals surface area (Å²) >= 11 is 3.72. The van der Waals surface area contributed by atoms with Crippen molar-refractivity contribution in [3.8, 4) is 0 Å². The van der Waals surface area contributed by atoms with Gasteiger partial charge in [-0.15, -0.1) is 0 Å². The second kappa shape index (κ2) is 6.39. The second-order valence-electron chi connectivity index (χ2n) is 7.13. The van der Waals surface area contributed by atoms with Gasteiger partial charge >= 0.3 is 0 Å². The zero-order chi connectivity index (χ0) is 14.9. The van der Waals surface area contributed by atoms with Gasteiger partial charge in [0, 0.05) is 35.7 Å². The highest BCUT2D eigenvalue weighted by atomic mass is 79.9. The van der Waals surface area contributed by atoms with Crippen molar-refractivity contribution in [2.75, 3.05) is 13.1 Å². The summed E-state index contributed by atoms with van der Waals surface area (Å²) in [5.41, 5.74) is 1.83. The van der Waals surface area contributed by atoms with Gasteiger partial charge in [-0.1, -0.05) is 60.8 Å². The Kier molecular flexibility index (Phi) is 4.72. The zero-order valence-corrected chi connectivity index (χ0v) is 14.8. The van der Waals surface area contributed by atoms with E-state index < -0.39 is 0 Å². The second-order valence-corrected chi connectivity index (χ2v) is 7.99. The third kappa shape index (κ3) is 3.20. The SMILES string of the molecule is CC(C)C1CN(Cc2ccccc2Br)C2(CCCC2)CN1. The summed E-state index contributed by atoms with van der Waals surface area (Å²) in [5.74, 6) is 0.700. The van der Waals surface area contributed by atoms with Gasteiger partial charge in [-0.3, -0.25) is 4.90 Å². The molecule has 3 rings (SSSR count). The maximum absolute atomic E-state index is 3.83. The lowest BCUT2D eigenvalue weighted by Gasteiger charge is -2.49. The van der Waals surface area contributed by atoms with Crippen LogP contribution in [0.25, 0.3) is 0 Å². The first-order valence-electron chi connectivity index (χ1n) is 8.33. The van der Waals surface area contributed by atoms with Crippen molar-refractivity contribution in [2.24, 2.45) is 5.92 Å². The largest absolute Gasteiger partial charge is 0.311 e. The quantitative estimate of drug-likeness (QED) is 0.878. The van der Waals surface area contributed by atoms with E-state index in [-0.39, 0.29) is 0 Å². The number of nitrogens with one attached hydrogen (secondary N) is 1. The molecule has 1 heterocycles. The van der Waals surface area contributed by atoms with Gasteiger partial charge in [-0.25, -0.2) is 0 Å². The van der Waals surface area contributed by atoms with E-state index in [9.17, 15) is 0 Å². The van der Waals surface area contributed by atoms with Crippen LogP contribution in [-0.4, -0.2) is 29.6 Å². The van der Waals surface area contributed by atoms with E-state index in [1.54, 1.807) is 0 Å². The van der Waals surface area contributed by atoms with Crippen LogP contribution in [0.1, 0.15) is 45.1 Å². The number of hydrogen-bond donors (Lipinski definition) is 1. The highest BCUT2D eigenvalue weighted by molar-refractivity contribution is 9.10. The van der Waals surface area contributed by atoms with Crippen molar-refractivity contribution in [1.82, 2.24) is 10.2 Å². The van der Waals surface area contributed by atoms with Gasteiger partial charge in [0.2, 0.25) is 0 Å². The molecule has 0 aromatic heterocycles. The molecule has 1 saturated carbocycles. The molecule has 1 atom stereocenters. The Morgan fingerprint density at radius 3 is 2.67 bits per heavy atom. The molecule has 1 aromatic rings. The summed E-state index contributed by atoms with van der Waals surface area (Å²) in [5, 5.41) is 3.83. The highest BCUT2D eigenvalue weighted by Gasteiger charge is 2.43. The highest BCUT2D eigenvalue weighted by Crippen LogP contribution is 2.38. The fourth-order valence-electron chi connectivity index (χ4n) is 3.97. The molecule has 0 amide bonds. The summed E-state index contributed by atoms with van der Waals surface area (Å²) in [6, 6.07) is 9.31. The summed E-state index contributed by atoms with van der Waals surface area (Å²) in [7, 11) is 0. The first-order chi connectivity index (χ1) is 10.1. The molecule has 1 aromatic carbocycles. The fourth-order valence-corrected chi connectivity index (χ4v) is 4.38. The van der Waals surface area contributed by atoms with E-state index in [1.165, 1.54) is 48.8 Å². The number of halogens is 1. The normalized spacial score (nSPS) is 25.8. The van der Waals surface area contributed by atoms with Crippen LogP contribution < -0.4 is 5.32 Å². The molecule has 0 bridgehead atoms. The van der Waals surface area contributed by atoms with Crippen LogP contribution in [0.4, 0.5) is 0 Å². The molecule has 1 unspecified atom stereocenters. The lowest BCUT2D eigenvalue weighted by molar-refractivity contribution is 0.0259. The Labute approximate surface area is 137 Å². The average molecular weight is 351 g/mol. The van der Waals surface area contributed by atoms with Gasteiger partial charge in [0.15, 0.2) is 0 Å². The van der Waals surface area contributed by atoms with E-state index >= 15 is 0 Å². The van der Waals surface area contributed by atoms with Crippen molar-refractivity contribution in [2.45, 2.75) is 57.7 Å². The van der Waals surface area contributed by atoms with E-state index in [2.05, 4.69) is 64.3 Å². The van der Waals surface area contributed by atoms with E-state index in [0.717, 1.165) is 6.54 Å². The van der Waals surface area contributed by atoms with Crippen LogP contribution in [-0.2, 0) is 6.54 Å². The van der Waals surface area contributed by atoms with Gasteiger partial charge in [-0.2, -0.15) is 0 Å². The number of rotatable bonds is 3. The zero-order valence-electron chi connectivity index (χ0n) is 13.2. The summed E-state index contributed by atoms with van der Waals surface area (Å²) in [6.07, 6.45) is 5.49. The van der Waals surface area contributed by atoms with Crippen molar-refractivity contribution < 1.29 is 0 Å². The molecule has 1 N–H and O–H groups in total. The Bertz CT molecular complexity index is 480. The molecule has 0 radical (unpaired) electrons. The van der Waals surface area contributed by atoms with Crippen molar-refractivity contribution in [3.05, 3.63) is 34.3 Å². The molecule has 1 saturated heterocycles. The molecular weight excluding hydrogens is 324 g/mol. The van der Waals surface area contributed by atoms with Gasteiger partial charge in [0.25, 0.3) is 0 Å². The van der Waals surface area contributed by atoms with Crippen LogP contribution in [0.3, 0.4) is 0 Å². The van der Waals surface area contributed by atoms with Crippen LogP contribution in [0.15, 0.2) is 28.7 Å². The first-order valence-corrected chi connectivity index (χ1v) is 9.12. The first kappa shape index (κ1) is 15.5. The molecule has 2 nitrogen and oxygen atoms in total. The Balaban J connectivity index is 1.81. The maximum Gasteiger partial charge on any atom is 0.0338 e. The molecule has 1 spiro atoms. The molecule has 116 valence electrons. The third-order valence-electron chi connectivity index (χ3n) is 5.44. The molecule has 3 heteroatoms. The van der Waals surface area contributed by atoms with E-state index in [4.69, 9.17) is 0 Å². The number of piperazine rings is 1. The number of hydrogen-bond acceptors (Lipinski definition) is 2. The minimum Gasteiger partial charge on any atom is -0.311 e. The van der Waals surface area contributed by atoms with Crippen LogP contribution in [0.5, 0.6) is 0 Å². The summed E-state index contributed by atoms with van der Waals surface area (Å²) in [6.45, 7) is 8.09. The van der Waals surface area contributed by atoms with Gasteiger partial charge < -0.3 is 5.32 Å². The predicted octanol–water partition coefficient (Wildman–Crippen LogP) is 4.19. The van der Waals surface area contributed by atoms with Gasteiger partial charge in [0.1, 0.15) is 0 Å². The van der Waals surface area contributed by atoms with E-state index in [1.807, 2.05) is 0 Å². The van der Waals surface area contributed by atoms with Gasteiger partial charge in [0.05, 0.1) is 0 Å². The van der Waals surface area contributed by atoms with Gasteiger partial charge in [-0.05, 0) is 30.4 Å². The average Bonchev–Trinajstić information content (AvgIpc) is 2.93. The third-order valence-corrected chi connectivity index (χ3v) is 6.21. The summed E-state index contributed by atoms with van der Waals surface area (Å²) < 4.78 is 1.25. The summed E-state index contributed by atoms with van der Waals surface area (Å²) in [4.78, 5) is 2.78. The van der Waals surface area contributed by atoms with Crippen LogP contribution in [0, 0.1) is 5.92 Å². The topological polar surface area (TPSA) is 15.3 Å². The standard InChI is InChI=1S/C18H27BrN2/c1-14(2)17-12-21(11-15-7-3-4-8-16(15)19)18(13-20-17)9-5-6-10-18/h3-4,7-8,14,17,20H,5-6,9-13H2,1-2H3. The van der Waals surface area contributed by atoms with E-state index in [0.29, 0.717) is 17.5 Å². The monoisotopic (exact) mass is 350 g/mol. The Morgan fingerprint density at radius 2 is 2.00 bits per heavy atom. The number of nitrogens with zero attached hydrogens (tertiary/aromatic N) is 1. The van der Waals surface area contributed by atoms with Crippen molar-refractivity contribution >= 4 is 15.9 Å². The Hall–Kier alpha value is -0.380.